The third-order valence-corrected chi connectivity index (χ3v) is 1.74. The second-order valence-electron chi connectivity index (χ2n) is 4.80. The summed E-state index contributed by atoms with van der Waals surface area (Å²) in [5.41, 5.74) is 2.76. The first-order chi connectivity index (χ1) is 6.43. The zero-order valence-corrected chi connectivity index (χ0v) is 10.5. The lowest BCUT2D eigenvalue weighted by atomic mass is 10.0. The summed E-state index contributed by atoms with van der Waals surface area (Å²) in [7, 11) is 0. The van der Waals surface area contributed by atoms with E-state index >= 15 is 0 Å². The van der Waals surface area contributed by atoms with Gasteiger partial charge in [-0.05, 0) is 24.3 Å². The van der Waals surface area contributed by atoms with Gasteiger partial charge >= 0.3 is 0 Å². The summed E-state index contributed by atoms with van der Waals surface area (Å²) in [6.45, 7) is 13.0. The highest BCUT2D eigenvalue weighted by Crippen LogP contribution is 2.13. The smallest absolute Gasteiger partial charge is 0.0219 e. The van der Waals surface area contributed by atoms with Gasteiger partial charge in [0.25, 0.3) is 0 Å². The molecule has 0 aliphatic rings. The SMILES string of the molecule is CC(C)C.Cc1ccc(C(C)C)cc1. The summed E-state index contributed by atoms with van der Waals surface area (Å²) in [5, 5.41) is 0. The second kappa shape index (κ2) is 6.64. The van der Waals surface area contributed by atoms with Crippen LogP contribution in [0.5, 0.6) is 0 Å². The Morgan fingerprint density at radius 1 is 0.786 bits per heavy atom. The van der Waals surface area contributed by atoms with E-state index in [0.29, 0.717) is 5.92 Å². The van der Waals surface area contributed by atoms with Gasteiger partial charge in [0.05, 0.1) is 0 Å². The number of aryl methyl sites for hydroxylation is 1. The van der Waals surface area contributed by atoms with E-state index in [2.05, 4.69) is 65.8 Å². The van der Waals surface area contributed by atoms with Crippen LogP contribution in [0.1, 0.15) is 51.7 Å². The molecule has 80 valence electrons. The lowest BCUT2D eigenvalue weighted by molar-refractivity contribution is 0.737. The summed E-state index contributed by atoms with van der Waals surface area (Å²) in [5.74, 6) is 1.49. The van der Waals surface area contributed by atoms with Crippen molar-refractivity contribution in [2.75, 3.05) is 0 Å². The van der Waals surface area contributed by atoms with E-state index in [4.69, 9.17) is 0 Å². The standard InChI is InChI=1S/C10H14.C4H10/c1-8(2)10-6-4-9(3)5-7-10;1-4(2)3/h4-8H,1-3H3;4H,1-3H3. The highest BCUT2D eigenvalue weighted by molar-refractivity contribution is 5.23. The average molecular weight is 192 g/mol. The van der Waals surface area contributed by atoms with Crippen LogP contribution >= 0.6 is 0 Å². The largest absolute Gasteiger partial charge is 0.0630 e. The molecule has 1 rings (SSSR count). The van der Waals surface area contributed by atoms with Crippen LogP contribution in [0.4, 0.5) is 0 Å². The molecule has 0 aromatic heterocycles. The maximum atomic E-state index is 2.21. The zero-order valence-electron chi connectivity index (χ0n) is 10.5. The molecule has 0 heterocycles. The van der Waals surface area contributed by atoms with Crippen molar-refractivity contribution in [3.8, 4) is 0 Å². The quantitative estimate of drug-likeness (QED) is 0.600. The molecule has 0 aliphatic heterocycles. The summed E-state index contributed by atoms with van der Waals surface area (Å²) >= 11 is 0. The van der Waals surface area contributed by atoms with Crippen LogP contribution in [-0.4, -0.2) is 0 Å². The maximum absolute atomic E-state index is 2.21. The molecule has 0 amide bonds. The van der Waals surface area contributed by atoms with Crippen LogP contribution in [0.3, 0.4) is 0 Å². The Hall–Kier alpha value is -0.780. The normalized spacial score (nSPS) is 10.0. The van der Waals surface area contributed by atoms with E-state index in [1.807, 2.05) is 0 Å². The van der Waals surface area contributed by atoms with Crippen LogP contribution in [-0.2, 0) is 0 Å². The molecule has 0 saturated heterocycles. The van der Waals surface area contributed by atoms with Crippen molar-refractivity contribution in [1.29, 1.82) is 0 Å². The number of rotatable bonds is 1. The first-order valence-electron chi connectivity index (χ1n) is 5.50. The maximum Gasteiger partial charge on any atom is -0.0219 e. The highest BCUT2D eigenvalue weighted by Gasteiger charge is 1.95. The Morgan fingerprint density at radius 2 is 1.14 bits per heavy atom. The van der Waals surface area contributed by atoms with Crippen LogP contribution in [0.15, 0.2) is 24.3 Å². The van der Waals surface area contributed by atoms with Gasteiger partial charge in [-0.1, -0.05) is 64.4 Å². The molecule has 0 fully saturated rings. The molecule has 0 radical (unpaired) electrons. The molecule has 0 unspecified atom stereocenters. The average Bonchev–Trinajstić information content (AvgIpc) is 2.03. The molecule has 0 bridgehead atoms. The summed E-state index contributed by atoms with van der Waals surface area (Å²) in [4.78, 5) is 0. The van der Waals surface area contributed by atoms with Gasteiger partial charge in [0.2, 0.25) is 0 Å². The molecule has 0 heteroatoms. The predicted octanol–water partition coefficient (Wildman–Crippen LogP) is 4.78. The van der Waals surface area contributed by atoms with Gasteiger partial charge in [0, 0.05) is 0 Å². The Bertz CT molecular complexity index is 226. The molecule has 0 aliphatic carbocycles. The molecule has 0 saturated carbocycles. The molecule has 14 heavy (non-hydrogen) atoms. The second-order valence-corrected chi connectivity index (χ2v) is 4.80. The van der Waals surface area contributed by atoms with E-state index < -0.39 is 0 Å². The Balaban J connectivity index is 0.000000364. The van der Waals surface area contributed by atoms with Crippen molar-refractivity contribution < 1.29 is 0 Å². The van der Waals surface area contributed by atoms with Gasteiger partial charge in [0.15, 0.2) is 0 Å². The minimum Gasteiger partial charge on any atom is -0.0630 e. The topological polar surface area (TPSA) is 0 Å². The van der Waals surface area contributed by atoms with Crippen molar-refractivity contribution in [3.63, 3.8) is 0 Å². The van der Waals surface area contributed by atoms with Gasteiger partial charge in [-0.3, -0.25) is 0 Å². The molecule has 0 atom stereocenters. The van der Waals surface area contributed by atoms with Crippen LogP contribution in [0, 0.1) is 12.8 Å². The third kappa shape index (κ3) is 6.71. The van der Waals surface area contributed by atoms with Gasteiger partial charge < -0.3 is 0 Å². The van der Waals surface area contributed by atoms with Crippen molar-refractivity contribution in [2.24, 2.45) is 5.92 Å². The molecule has 0 spiro atoms. The summed E-state index contributed by atoms with van der Waals surface area (Å²) in [6, 6.07) is 8.71. The van der Waals surface area contributed by atoms with Crippen molar-refractivity contribution in [1.82, 2.24) is 0 Å². The first-order valence-corrected chi connectivity index (χ1v) is 5.50. The Labute approximate surface area is 89.4 Å². The molecular formula is C14H24. The lowest BCUT2D eigenvalue weighted by Crippen LogP contribution is -1.85. The molecular weight excluding hydrogens is 168 g/mol. The Morgan fingerprint density at radius 3 is 1.43 bits per heavy atom. The van der Waals surface area contributed by atoms with Crippen molar-refractivity contribution >= 4 is 0 Å². The van der Waals surface area contributed by atoms with E-state index in [0.717, 1.165) is 5.92 Å². The third-order valence-electron chi connectivity index (χ3n) is 1.74. The fourth-order valence-corrected chi connectivity index (χ4v) is 0.951. The number of hydrogen-bond donors (Lipinski definition) is 0. The summed E-state index contributed by atoms with van der Waals surface area (Å²) in [6.07, 6.45) is 0. The summed E-state index contributed by atoms with van der Waals surface area (Å²) < 4.78 is 0. The monoisotopic (exact) mass is 192 g/mol. The minimum atomic E-state index is 0.653. The van der Waals surface area contributed by atoms with Crippen LogP contribution < -0.4 is 0 Å². The number of hydrogen-bond acceptors (Lipinski definition) is 0. The minimum absolute atomic E-state index is 0.653. The van der Waals surface area contributed by atoms with Gasteiger partial charge in [0.1, 0.15) is 0 Å². The highest BCUT2D eigenvalue weighted by atomic mass is 14.0. The fraction of sp³-hybridized carbons (Fsp3) is 0.571. The van der Waals surface area contributed by atoms with Gasteiger partial charge in [-0.25, -0.2) is 0 Å². The first kappa shape index (κ1) is 13.2. The van der Waals surface area contributed by atoms with Crippen molar-refractivity contribution in [2.45, 2.75) is 47.5 Å². The Kier molecular flexibility index (Phi) is 6.27. The molecule has 0 N–H and O–H groups in total. The van der Waals surface area contributed by atoms with Crippen molar-refractivity contribution in [3.05, 3.63) is 35.4 Å². The van der Waals surface area contributed by atoms with E-state index in [9.17, 15) is 0 Å². The van der Waals surface area contributed by atoms with E-state index in [1.54, 1.807) is 0 Å². The molecule has 1 aromatic carbocycles. The van der Waals surface area contributed by atoms with Crippen LogP contribution in [0.2, 0.25) is 0 Å². The molecule has 1 aromatic rings. The zero-order chi connectivity index (χ0) is 11.1. The number of benzene rings is 1. The van der Waals surface area contributed by atoms with Gasteiger partial charge in [-0.15, -0.1) is 0 Å². The van der Waals surface area contributed by atoms with Crippen LogP contribution in [0.25, 0.3) is 0 Å². The van der Waals surface area contributed by atoms with Gasteiger partial charge in [-0.2, -0.15) is 0 Å². The fourth-order valence-electron chi connectivity index (χ4n) is 0.951. The van der Waals surface area contributed by atoms with E-state index in [1.165, 1.54) is 11.1 Å². The predicted molar refractivity (Wildman–Crippen MR) is 65.8 cm³/mol. The molecule has 0 nitrogen and oxygen atoms in total. The van der Waals surface area contributed by atoms with E-state index in [-0.39, 0.29) is 0 Å². The lowest BCUT2D eigenvalue weighted by Gasteiger charge is -2.03.